The highest BCUT2D eigenvalue weighted by molar-refractivity contribution is 7.88. The summed E-state index contributed by atoms with van der Waals surface area (Å²) in [5.41, 5.74) is 1.56. The molecule has 1 rings (SSSR count). The lowest BCUT2D eigenvalue weighted by Crippen LogP contribution is -2.13. The Morgan fingerprint density at radius 2 is 1.85 bits per heavy atom. The Labute approximate surface area is 79.3 Å². The van der Waals surface area contributed by atoms with Crippen LogP contribution in [0.2, 0.25) is 0 Å². The van der Waals surface area contributed by atoms with Crippen molar-refractivity contribution in [2.24, 2.45) is 0 Å². The lowest BCUT2D eigenvalue weighted by molar-refractivity contribution is 0.402. The zero-order valence-corrected chi connectivity index (χ0v) is 8.26. The number of benzene rings is 1. The molecule has 0 amide bonds. The summed E-state index contributed by atoms with van der Waals surface area (Å²) in [6, 6.07) is 6.97. The highest BCUT2D eigenvalue weighted by Gasteiger charge is 2.06. The molecule has 0 heterocycles. The number of rotatable bonds is 3. The number of hydrogen-bond donors (Lipinski definition) is 1. The van der Waals surface area contributed by atoms with Gasteiger partial charge in [-0.1, -0.05) is 17.7 Å². The minimum absolute atomic E-state index is 0. The topological polar surface area (TPSA) is 55.4 Å². The van der Waals surface area contributed by atoms with Crippen LogP contribution in [0.3, 0.4) is 0 Å². The van der Waals surface area contributed by atoms with Crippen molar-refractivity contribution in [2.45, 2.75) is 6.92 Å². The van der Waals surface area contributed by atoms with Gasteiger partial charge < -0.3 is 0 Å². The molecule has 5 heteroatoms. The van der Waals surface area contributed by atoms with E-state index in [-0.39, 0.29) is 1.43 Å². The van der Waals surface area contributed by atoms with Crippen LogP contribution < -0.4 is 4.72 Å². The van der Waals surface area contributed by atoms with Crippen LogP contribution in [0.5, 0.6) is 0 Å². The van der Waals surface area contributed by atoms with Crippen LogP contribution in [0, 0.1) is 6.92 Å². The number of aryl methyl sites for hydroxylation is 1. The second kappa shape index (κ2) is 3.76. The van der Waals surface area contributed by atoms with Crippen molar-refractivity contribution >= 4 is 16.0 Å². The molecule has 0 saturated heterocycles. The third-order valence-electron chi connectivity index (χ3n) is 1.51. The van der Waals surface area contributed by atoms with Crippen molar-refractivity contribution in [3.05, 3.63) is 29.8 Å². The maximum atomic E-state index is 10.9. The van der Waals surface area contributed by atoms with E-state index in [0.29, 0.717) is 5.69 Å². The summed E-state index contributed by atoms with van der Waals surface area (Å²) < 4.78 is 28.3. The maximum absolute atomic E-state index is 10.9. The number of hydrogen-bond acceptors (Lipinski definition) is 3. The SMILES string of the molecule is COS(=O)(=O)Nc1ccc(C)cc1.[HH]. The molecule has 0 aliphatic carbocycles. The normalized spacial score (nSPS) is 11.2. The quantitative estimate of drug-likeness (QED) is 0.810. The van der Waals surface area contributed by atoms with Crippen molar-refractivity contribution in [2.75, 3.05) is 11.8 Å². The third kappa shape index (κ3) is 3.04. The van der Waals surface area contributed by atoms with E-state index in [1.54, 1.807) is 12.1 Å². The highest BCUT2D eigenvalue weighted by Crippen LogP contribution is 2.10. The van der Waals surface area contributed by atoms with E-state index in [4.69, 9.17) is 0 Å². The van der Waals surface area contributed by atoms with E-state index in [9.17, 15) is 8.42 Å². The monoisotopic (exact) mass is 203 g/mol. The fourth-order valence-electron chi connectivity index (χ4n) is 0.808. The van der Waals surface area contributed by atoms with Gasteiger partial charge in [0, 0.05) is 1.43 Å². The summed E-state index contributed by atoms with van der Waals surface area (Å²) in [5.74, 6) is 0. The molecule has 13 heavy (non-hydrogen) atoms. The molecule has 1 N–H and O–H groups in total. The first-order valence-electron chi connectivity index (χ1n) is 3.68. The van der Waals surface area contributed by atoms with Gasteiger partial charge in [0.15, 0.2) is 0 Å². The summed E-state index contributed by atoms with van der Waals surface area (Å²) in [5, 5.41) is 0. The first-order valence-corrected chi connectivity index (χ1v) is 5.09. The van der Waals surface area contributed by atoms with Gasteiger partial charge in [0.05, 0.1) is 12.8 Å². The molecule has 0 radical (unpaired) electrons. The van der Waals surface area contributed by atoms with Gasteiger partial charge in [-0.15, -0.1) is 0 Å². The first-order chi connectivity index (χ1) is 6.03. The van der Waals surface area contributed by atoms with Crippen LogP contribution in [0.1, 0.15) is 6.99 Å². The van der Waals surface area contributed by atoms with E-state index < -0.39 is 10.3 Å². The zero-order valence-electron chi connectivity index (χ0n) is 7.44. The molecule has 0 aliphatic heterocycles. The summed E-state index contributed by atoms with van der Waals surface area (Å²) in [7, 11) is -2.53. The van der Waals surface area contributed by atoms with Crippen LogP contribution >= 0.6 is 0 Å². The van der Waals surface area contributed by atoms with E-state index in [0.717, 1.165) is 12.7 Å². The van der Waals surface area contributed by atoms with Gasteiger partial charge in [-0.25, -0.2) is 0 Å². The minimum Gasteiger partial charge on any atom is -0.261 e. The molecule has 0 atom stereocenters. The average molecular weight is 203 g/mol. The standard InChI is InChI=1S/C8H11NO3S.H2/c1-7-3-5-8(6-4-7)9-13(10,11)12-2;/h3-6,9H,1-2H3;1H. The molecule has 1 aromatic carbocycles. The van der Waals surface area contributed by atoms with Crippen molar-refractivity contribution in [3.63, 3.8) is 0 Å². The third-order valence-corrected chi connectivity index (χ3v) is 2.44. The molecule has 1 aromatic rings. The lowest BCUT2D eigenvalue weighted by atomic mass is 10.2. The summed E-state index contributed by atoms with van der Waals surface area (Å²) in [6.45, 7) is 1.93. The molecule has 0 bridgehead atoms. The first kappa shape index (κ1) is 10.0. The summed E-state index contributed by atoms with van der Waals surface area (Å²) in [6.07, 6.45) is 0. The fourth-order valence-corrected chi connectivity index (χ4v) is 1.32. The van der Waals surface area contributed by atoms with E-state index in [2.05, 4.69) is 8.91 Å². The van der Waals surface area contributed by atoms with Gasteiger partial charge >= 0.3 is 10.3 Å². The molecular formula is C8H13NO3S. The predicted molar refractivity (Wildman–Crippen MR) is 52.8 cm³/mol. The Morgan fingerprint density at radius 3 is 2.31 bits per heavy atom. The molecule has 74 valence electrons. The minimum atomic E-state index is -3.64. The van der Waals surface area contributed by atoms with Crippen LogP contribution in [-0.4, -0.2) is 15.5 Å². The molecule has 0 spiro atoms. The maximum Gasteiger partial charge on any atom is 0.359 e. The molecule has 0 saturated carbocycles. The second-order valence-electron chi connectivity index (χ2n) is 2.59. The van der Waals surface area contributed by atoms with E-state index in [1.165, 1.54) is 0 Å². The van der Waals surface area contributed by atoms with Gasteiger partial charge in [0.25, 0.3) is 0 Å². The van der Waals surface area contributed by atoms with Crippen LogP contribution in [-0.2, 0) is 14.5 Å². The Kier molecular flexibility index (Phi) is 2.90. The van der Waals surface area contributed by atoms with E-state index >= 15 is 0 Å². The Bertz CT molecular complexity index is 374. The van der Waals surface area contributed by atoms with Crippen molar-refractivity contribution < 1.29 is 14.0 Å². The Morgan fingerprint density at radius 1 is 1.31 bits per heavy atom. The Hall–Kier alpha value is -1.07. The molecular weight excluding hydrogens is 190 g/mol. The van der Waals surface area contributed by atoms with Crippen LogP contribution in [0.15, 0.2) is 24.3 Å². The largest absolute Gasteiger partial charge is 0.359 e. The van der Waals surface area contributed by atoms with E-state index in [1.807, 2.05) is 19.1 Å². The number of nitrogens with one attached hydrogen (secondary N) is 1. The fraction of sp³-hybridized carbons (Fsp3) is 0.250. The predicted octanol–water partition coefficient (Wildman–Crippen LogP) is 1.54. The van der Waals surface area contributed by atoms with Crippen molar-refractivity contribution in [3.8, 4) is 0 Å². The van der Waals surface area contributed by atoms with Gasteiger partial charge in [0.1, 0.15) is 0 Å². The van der Waals surface area contributed by atoms with Crippen molar-refractivity contribution in [1.82, 2.24) is 0 Å². The molecule has 0 aliphatic rings. The molecule has 0 aromatic heterocycles. The van der Waals surface area contributed by atoms with Gasteiger partial charge in [-0.2, -0.15) is 8.42 Å². The molecule has 0 unspecified atom stereocenters. The summed E-state index contributed by atoms with van der Waals surface area (Å²) in [4.78, 5) is 0. The average Bonchev–Trinajstić information content (AvgIpc) is 2.09. The zero-order chi connectivity index (χ0) is 9.90. The molecule has 4 nitrogen and oxygen atoms in total. The number of anilines is 1. The van der Waals surface area contributed by atoms with Crippen LogP contribution in [0.4, 0.5) is 5.69 Å². The van der Waals surface area contributed by atoms with Gasteiger partial charge in [-0.05, 0) is 19.1 Å². The Balaban J connectivity index is 0.00000169. The van der Waals surface area contributed by atoms with Gasteiger partial charge in [-0.3, -0.25) is 8.91 Å². The molecule has 0 fully saturated rings. The highest BCUT2D eigenvalue weighted by atomic mass is 32.2. The lowest BCUT2D eigenvalue weighted by Gasteiger charge is -2.04. The van der Waals surface area contributed by atoms with Crippen LogP contribution in [0.25, 0.3) is 0 Å². The smallest absolute Gasteiger partial charge is 0.261 e. The van der Waals surface area contributed by atoms with Gasteiger partial charge in [0.2, 0.25) is 0 Å². The summed E-state index contributed by atoms with van der Waals surface area (Å²) >= 11 is 0. The van der Waals surface area contributed by atoms with Crippen molar-refractivity contribution in [1.29, 1.82) is 0 Å². The second-order valence-corrected chi connectivity index (χ2v) is 4.03.